The zero-order chi connectivity index (χ0) is 18.6. The highest BCUT2D eigenvalue weighted by molar-refractivity contribution is 7.89. The Morgan fingerprint density at radius 2 is 1.88 bits per heavy atom. The summed E-state index contributed by atoms with van der Waals surface area (Å²) in [4.78, 5) is 14.6. The molecule has 0 radical (unpaired) electrons. The van der Waals surface area contributed by atoms with Crippen LogP contribution in [0.25, 0.3) is 0 Å². The smallest absolute Gasteiger partial charge is 0.253 e. The Hall–Kier alpha value is -1.77. The lowest BCUT2D eigenvalue weighted by Crippen LogP contribution is -2.32. The van der Waals surface area contributed by atoms with Gasteiger partial charge in [0.25, 0.3) is 5.91 Å². The van der Waals surface area contributed by atoms with Gasteiger partial charge in [0.2, 0.25) is 10.0 Å². The van der Waals surface area contributed by atoms with Gasteiger partial charge in [0.1, 0.15) is 10.7 Å². The quantitative estimate of drug-likeness (QED) is 0.737. The maximum absolute atomic E-state index is 14.1. The fraction of sp³-hybridized carbons (Fsp3) is 0.353. The van der Waals surface area contributed by atoms with Crippen LogP contribution in [0.1, 0.15) is 29.1 Å². The number of benzene rings is 1. The van der Waals surface area contributed by atoms with Gasteiger partial charge in [-0.3, -0.25) is 4.79 Å². The van der Waals surface area contributed by atoms with Crippen molar-refractivity contribution in [1.29, 1.82) is 0 Å². The lowest BCUT2D eigenvalue weighted by Gasteiger charge is -2.20. The second-order valence-corrected chi connectivity index (χ2v) is 8.41. The molecule has 0 aliphatic rings. The van der Waals surface area contributed by atoms with Crippen molar-refractivity contribution in [1.82, 2.24) is 9.21 Å². The first kappa shape index (κ1) is 19.6. The van der Waals surface area contributed by atoms with Crippen LogP contribution in [-0.4, -0.2) is 43.7 Å². The van der Waals surface area contributed by atoms with Crippen molar-refractivity contribution < 1.29 is 17.6 Å². The van der Waals surface area contributed by atoms with E-state index >= 15 is 0 Å². The monoisotopic (exact) mass is 384 g/mol. The van der Waals surface area contributed by atoms with Crippen molar-refractivity contribution >= 4 is 27.3 Å². The van der Waals surface area contributed by atoms with Crippen molar-refractivity contribution in [2.24, 2.45) is 0 Å². The Labute approximate surface area is 151 Å². The third kappa shape index (κ3) is 4.26. The van der Waals surface area contributed by atoms with E-state index in [4.69, 9.17) is 0 Å². The SMILES string of the molecule is CCN(CC)S(=O)(=O)c1cc(C(=O)N(C)Cc2cccs2)ccc1F. The molecule has 0 saturated heterocycles. The molecule has 0 bridgehead atoms. The third-order valence-electron chi connectivity index (χ3n) is 3.82. The number of amides is 1. The lowest BCUT2D eigenvalue weighted by atomic mass is 10.2. The van der Waals surface area contributed by atoms with E-state index in [1.54, 1.807) is 20.9 Å². The number of nitrogens with zero attached hydrogens (tertiary/aromatic N) is 2. The minimum absolute atomic E-state index is 0.145. The van der Waals surface area contributed by atoms with Gasteiger partial charge in [-0.1, -0.05) is 19.9 Å². The summed E-state index contributed by atoms with van der Waals surface area (Å²) in [6.07, 6.45) is 0. The van der Waals surface area contributed by atoms with Gasteiger partial charge < -0.3 is 4.90 Å². The van der Waals surface area contributed by atoms with Crippen LogP contribution in [0.2, 0.25) is 0 Å². The summed E-state index contributed by atoms with van der Waals surface area (Å²) >= 11 is 1.53. The second kappa shape index (κ2) is 8.07. The van der Waals surface area contributed by atoms with Gasteiger partial charge in [-0.15, -0.1) is 11.3 Å². The number of carbonyl (C=O) groups excluding carboxylic acids is 1. The minimum Gasteiger partial charge on any atom is -0.337 e. The molecule has 0 N–H and O–H groups in total. The largest absolute Gasteiger partial charge is 0.337 e. The fourth-order valence-electron chi connectivity index (χ4n) is 2.47. The highest BCUT2D eigenvalue weighted by Gasteiger charge is 2.27. The van der Waals surface area contributed by atoms with E-state index in [1.165, 1.54) is 22.3 Å². The van der Waals surface area contributed by atoms with Crippen LogP contribution in [0, 0.1) is 5.82 Å². The molecule has 1 aromatic heterocycles. The fourth-order valence-corrected chi connectivity index (χ4v) is 4.77. The number of halogens is 1. The average molecular weight is 384 g/mol. The maximum atomic E-state index is 14.1. The maximum Gasteiger partial charge on any atom is 0.253 e. The van der Waals surface area contributed by atoms with Crippen molar-refractivity contribution in [3.63, 3.8) is 0 Å². The zero-order valence-corrected chi connectivity index (χ0v) is 16.0. The number of hydrogen-bond donors (Lipinski definition) is 0. The molecule has 2 aromatic rings. The first-order valence-corrected chi connectivity index (χ1v) is 10.2. The van der Waals surface area contributed by atoms with Crippen LogP contribution in [0.3, 0.4) is 0 Å². The summed E-state index contributed by atoms with van der Waals surface area (Å²) in [6.45, 7) is 4.24. The topological polar surface area (TPSA) is 57.7 Å². The van der Waals surface area contributed by atoms with Gasteiger partial charge in [-0.2, -0.15) is 4.31 Å². The van der Waals surface area contributed by atoms with Crippen molar-refractivity contribution in [3.05, 3.63) is 52.0 Å². The number of carbonyl (C=O) groups is 1. The van der Waals surface area contributed by atoms with E-state index in [0.29, 0.717) is 6.54 Å². The molecule has 0 unspecified atom stereocenters. The van der Waals surface area contributed by atoms with Crippen molar-refractivity contribution in [2.75, 3.05) is 20.1 Å². The van der Waals surface area contributed by atoms with Gasteiger partial charge in [0, 0.05) is 30.6 Å². The molecule has 1 heterocycles. The predicted octanol–water partition coefficient (Wildman–Crippen LogP) is 3.19. The Bertz CT molecular complexity index is 832. The van der Waals surface area contributed by atoms with E-state index in [9.17, 15) is 17.6 Å². The van der Waals surface area contributed by atoms with E-state index in [0.717, 1.165) is 21.3 Å². The van der Waals surface area contributed by atoms with E-state index < -0.39 is 20.7 Å². The minimum atomic E-state index is -3.97. The molecule has 8 heteroatoms. The van der Waals surface area contributed by atoms with E-state index in [1.807, 2.05) is 17.5 Å². The molecule has 25 heavy (non-hydrogen) atoms. The standard InChI is InChI=1S/C17H21FN2O3S2/c1-4-20(5-2)25(22,23)16-11-13(8-9-15(16)18)17(21)19(3)12-14-7-6-10-24-14/h6-11H,4-5,12H2,1-3H3. The Kier molecular flexibility index (Phi) is 6.31. The molecule has 1 amide bonds. The van der Waals surface area contributed by atoms with Crippen LogP contribution in [0.5, 0.6) is 0 Å². The molecule has 0 fully saturated rings. The molecule has 2 rings (SSSR count). The van der Waals surface area contributed by atoms with Crippen LogP contribution < -0.4 is 0 Å². The van der Waals surface area contributed by atoms with Crippen molar-refractivity contribution in [3.8, 4) is 0 Å². The van der Waals surface area contributed by atoms with Gasteiger partial charge in [-0.05, 0) is 29.6 Å². The Balaban J connectivity index is 2.33. The summed E-state index contributed by atoms with van der Waals surface area (Å²) in [6, 6.07) is 7.27. The highest BCUT2D eigenvalue weighted by Crippen LogP contribution is 2.22. The molecule has 0 spiro atoms. The van der Waals surface area contributed by atoms with Crippen LogP contribution >= 0.6 is 11.3 Å². The van der Waals surface area contributed by atoms with Gasteiger partial charge in [0.05, 0.1) is 6.54 Å². The number of sulfonamides is 1. The number of thiophene rings is 1. The molecular formula is C17H21FN2O3S2. The molecule has 5 nitrogen and oxygen atoms in total. The molecule has 0 atom stereocenters. The second-order valence-electron chi connectivity index (χ2n) is 5.48. The molecular weight excluding hydrogens is 363 g/mol. The normalized spacial score (nSPS) is 11.7. The Morgan fingerprint density at radius 3 is 2.44 bits per heavy atom. The summed E-state index contributed by atoms with van der Waals surface area (Å²) in [7, 11) is -2.34. The van der Waals surface area contributed by atoms with Gasteiger partial charge >= 0.3 is 0 Å². The first-order valence-electron chi connectivity index (χ1n) is 7.88. The van der Waals surface area contributed by atoms with Gasteiger partial charge in [0.15, 0.2) is 0 Å². The van der Waals surface area contributed by atoms with Crippen LogP contribution in [0.15, 0.2) is 40.6 Å². The Morgan fingerprint density at radius 1 is 1.20 bits per heavy atom. The molecule has 1 aromatic carbocycles. The summed E-state index contributed by atoms with van der Waals surface area (Å²) < 4.78 is 40.5. The number of rotatable bonds is 7. The highest BCUT2D eigenvalue weighted by atomic mass is 32.2. The van der Waals surface area contributed by atoms with Gasteiger partial charge in [-0.25, -0.2) is 12.8 Å². The van der Waals surface area contributed by atoms with Crippen LogP contribution in [-0.2, 0) is 16.6 Å². The average Bonchev–Trinajstić information content (AvgIpc) is 3.08. The summed E-state index contributed by atoms with van der Waals surface area (Å²) in [5.41, 5.74) is 0.145. The molecule has 0 aliphatic carbocycles. The summed E-state index contributed by atoms with van der Waals surface area (Å²) in [5.74, 6) is -1.21. The molecule has 136 valence electrons. The van der Waals surface area contributed by atoms with E-state index in [2.05, 4.69) is 0 Å². The molecule has 0 aliphatic heterocycles. The lowest BCUT2D eigenvalue weighted by molar-refractivity contribution is 0.0786. The first-order chi connectivity index (χ1) is 11.8. The number of hydrogen-bond acceptors (Lipinski definition) is 4. The van der Waals surface area contributed by atoms with E-state index in [-0.39, 0.29) is 24.6 Å². The predicted molar refractivity (Wildman–Crippen MR) is 96.6 cm³/mol. The third-order valence-corrected chi connectivity index (χ3v) is 6.75. The molecule has 0 saturated carbocycles. The summed E-state index contributed by atoms with van der Waals surface area (Å²) in [5, 5.41) is 1.92. The van der Waals surface area contributed by atoms with Crippen LogP contribution in [0.4, 0.5) is 4.39 Å². The zero-order valence-electron chi connectivity index (χ0n) is 14.4. The van der Waals surface area contributed by atoms with Crippen molar-refractivity contribution in [2.45, 2.75) is 25.3 Å².